The predicted octanol–water partition coefficient (Wildman–Crippen LogP) is 3.22. The third-order valence-electron chi connectivity index (χ3n) is 3.93. The maximum Gasteiger partial charge on any atom is 0.267 e. The van der Waals surface area contributed by atoms with Crippen molar-refractivity contribution in [2.24, 2.45) is 0 Å². The molecule has 29 heavy (non-hydrogen) atoms. The number of nitrogens with zero attached hydrogens (tertiary/aromatic N) is 2. The van der Waals surface area contributed by atoms with Crippen molar-refractivity contribution in [3.63, 3.8) is 0 Å². The van der Waals surface area contributed by atoms with E-state index in [1.54, 1.807) is 32.4 Å². The van der Waals surface area contributed by atoms with E-state index in [2.05, 4.69) is 20.6 Å². The lowest BCUT2D eigenvalue weighted by molar-refractivity contribution is 0.101. The van der Waals surface area contributed by atoms with Crippen molar-refractivity contribution in [1.29, 1.82) is 0 Å². The summed E-state index contributed by atoms with van der Waals surface area (Å²) in [6.45, 7) is 2.01. The molecule has 0 fully saturated rings. The predicted molar refractivity (Wildman–Crippen MR) is 109 cm³/mol. The van der Waals surface area contributed by atoms with Crippen LogP contribution in [-0.4, -0.2) is 28.9 Å². The molecular formula is C19H18FN5O3S. The van der Waals surface area contributed by atoms with Gasteiger partial charge in [-0.3, -0.25) is 9.59 Å². The Bertz CT molecular complexity index is 1050. The summed E-state index contributed by atoms with van der Waals surface area (Å²) in [4.78, 5) is 33.1. The minimum absolute atomic E-state index is 0.225. The second kappa shape index (κ2) is 8.76. The molecule has 2 aromatic heterocycles. The molecule has 4 N–H and O–H groups in total. The van der Waals surface area contributed by atoms with Gasteiger partial charge in [0.2, 0.25) is 0 Å². The van der Waals surface area contributed by atoms with E-state index in [1.807, 2.05) is 0 Å². The molecule has 0 unspecified atom stereocenters. The Kier molecular flexibility index (Phi) is 6.15. The molecule has 0 saturated carbocycles. The number of thiazole rings is 1. The summed E-state index contributed by atoms with van der Waals surface area (Å²) < 4.78 is 19.4. The Labute approximate surface area is 169 Å². The smallest absolute Gasteiger partial charge is 0.267 e. The number of carbonyl (C=O) groups excluding carboxylic acids is 2. The number of nitrogen functional groups attached to an aromatic ring is 1. The van der Waals surface area contributed by atoms with Gasteiger partial charge in [-0.1, -0.05) is 17.4 Å². The van der Waals surface area contributed by atoms with Crippen LogP contribution in [-0.2, 0) is 11.3 Å². The quantitative estimate of drug-likeness (QED) is 0.569. The number of aromatic nitrogens is 2. The van der Waals surface area contributed by atoms with Crippen LogP contribution in [0.5, 0.6) is 0 Å². The van der Waals surface area contributed by atoms with E-state index in [4.69, 9.17) is 10.5 Å². The number of amides is 2. The summed E-state index contributed by atoms with van der Waals surface area (Å²) in [5.41, 5.74) is 6.91. The number of hydrogen-bond donors (Lipinski definition) is 3. The van der Waals surface area contributed by atoms with E-state index in [0.29, 0.717) is 22.7 Å². The number of nitrogens with two attached hydrogens (primary N) is 1. The topological polar surface area (TPSA) is 119 Å². The van der Waals surface area contributed by atoms with Gasteiger partial charge >= 0.3 is 0 Å². The van der Waals surface area contributed by atoms with Crippen molar-refractivity contribution < 1.29 is 18.7 Å². The highest BCUT2D eigenvalue weighted by atomic mass is 32.1. The Balaban J connectivity index is 1.78. The first-order valence-corrected chi connectivity index (χ1v) is 9.27. The number of nitrogens with one attached hydrogen (secondary N) is 2. The lowest BCUT2D eigenvalue weighted by atomic mass is 10.1. The molecule has 0 aliphatic carbocycles. The Morgan fingerprint density at radius 2 is 1.97 bits per heavy atom. The highest BCUT2D eigenvalue weighted by molar-refractivity contribution is 7.17. The monoisotopic (exact) mass is 415 g/mol. The van der Waals surface area contributed by atoms with Crippen LogP contribution in [0.3, 0.4) is 0 Å². The first kappa shape index (κ1) is 20.4. The number of methoxy groups -OCH3 is 1. The average molecular weight is 415 g/mol. The Morgan fingerprint density at radius 1 is 1.17 bits per heavy atom. The molecule has 2 heterocycles. The number of benzene rings is 1. The maximum atomic E-state index is 14.4. The Hall–Kier alpha value is -3.37. The minimum Gasteiger partial charge on any atom is -0.380 e. The van der Waals surface area contributed by atoms with E-state index >= 15 is 0 Å². The van der Waals surface area contributed by atoms with Gasteiger partial charge in [0.15, 0.2) is 5.13 Å². The highest BCUT2D eigenvalue weighted by Gasteiger charge is 2.18. The number of aryl methyl sites for hydroxylation is 1. The van der Waals surface area contributed by atoms with Gasteiger partial charge in [0.25, 0.3) is 11.8 Å². The fraction of sp³-hybridized carbons (Fsp3) is 0.158. The first-order valence-electron chi connectivity index (χ1n) is 8.45. The van der Waals surface area contributed by atoms with Crippen LogP contribution in [0.1, 0.15) is 31.2 Å². The average Bonchev–Trinajstić information content (AvgIpc) is 3.12. The molecule has 0 saturated heterocycles. The molecule has 3 aromatic rings. The molecule has 3 rings (SSSR count). The zero-order valence-corrected chi connectivity index (χ0v) is 16.5. The molecule has 0 aliphatic heterocycles. The zero-order chi connectivity index (χ0) is 21.0. The Morgan fingerprint density at radius 3 is 2.59 bits per heavy atom. The fourth-order valence-corrected chi connectivity index (χ4v) is 3.07. The third-order valence-corrected chi connectivity index (χ3v) is 4.76. The fourth-order valence-electron chi connectivity index (χ4n) is 2.49. The van der Waals surface area contributed by atoms with Crippen LogP contribution in [0, 0.1) is 12.7 Å². The van der Waals surface area contributed by atoms with Crippen molar-refractivity contribution in [3.8, 4) is 0 Å². The van der Waals surface area contributed by atoms with Gasteiger partial charge in [0, 0.05) is 19.0 Å². The number of ether oxygens (including phenoxy) is 1. The lowest BCUT2D eigenvalue weighted by Gasteiger charge is -2.11. The summed E-state index contributed by atoms with van der Waals surface area (Å²) in [7, 11) is 1.57. The number of rotatable bonds is 6. The van der Waals surface area contributed by atoms with Gasteiger partial charge in [0.05, 0.1) is 18.4 Å². The summed E-state index contributed by atoms with van der Waals surface area (Å²) in [5.74, 6) is -1.58. The van der Waals surface area contributed by atoms with Gasteiger partial charge in [0.1, 0.15) is 16.5 Å². The maximum absolute atomic E-state index is 14.4. The zero-order valence-electron chi connectivity index (χ0n) is 15.7. The second-order valence-corrected chi connectivity index (χ2v) is 7.16. The van der Waals surface area contributed by atoms with E-state index in [9.17, 15) is 14.0 Å². The van der Waals surface area contributed by atoms with E-state index < -0.39 is 17.6 Å². The summed E-state index contributed by atoms with van der Waals surface area (Å²) in [5, 5.41) is 5.44. The molecule has 10 heteroatoms. The number of pyridine rings is 1. The van der Waals surface area contributed by atoms with Crippen molar-refractivity contribution in [2.75, 3.05) is 23.5 Å². The van der Waals surface area contributed by atoms with Crippen LogP contribution >= 0.6 is 11.3 Å². The first-order chi connectivity index (χ1) is 13.9. The number of anilines is 3. The van der Waals surface area contributed by atoms with Crippen LogP contribution in [0.4, 0.5) is 21.0 Å². The summed E-state index contributed by atoms with van der Waals surface area (Å²) >= 11 is 1.02. The third kappa shape index (κ3) is 4.92. The second-order valence-electron chi connectivity index (χ2n) is 6.10. The van der Waals surface area contributed by atoms with Crippen molar-refractivity contribution in [2.45, 2.75) is 13.5 Å². The highest BCUT2D eigenvalue weighted by Crippen LogP contribution is 2.23. The van der Waals surface area contributed by atoms with Gasteiger partial charge in [-0.15, -0.1) is 0 Å². The van der Waals surface area contributed by atoms with Crippen molar-refractivity contribution in [1.82, 2.24) is 9.97 Å². The minimum atomic E-state index is -0.712. The van der Waals surface area contributed by atoms with Crippen LogP contribution < -0.4 is 16.4 Å². The molecule has 8 nitrogen and oxygen atoms in total. The summed E-state index contributed by atoms with van der Waals surface area (Å²) in [6.07, 6.45) is 2.90. The summed E-state index contributed by atoms with van der Waals surface area (Å²) in [6, 6.07) is 5.79. The SMILES string of the molecule is COCc1ccc(NC(=O)c2cc(NC(=O)c3cnc(N)s3)c(C)cc2F)nc1. The standard InChI is InChI=1S/C19H18FN5O3S/c1-10-5-13(20)12(6-14(10)24-18(27)15-8-23-19(21)29-15)17(26)25-16-4-3-11(7-22-16)9-28-2/h3-8H,9H2,1-2H3,(H2,21,23)(H,24,27)(H,22,25,26). The number of hydrogen-bond acceptors (Lipinski definition) is 7. The van der Waals surface area contributed by atoms with Gasteiger partial charge in [-0.2, -0.15) is 0 Å². The molecular weight excluding hydrogens is 397 g/mol. The molecule has 0 spiro atoms. The van der Waals surface area contributed by atoms with E-state index in [1.165, 1.54) is 18.3 Å². The molecule has 0 radical (unpaired) electrons. The van der Waals surface area contributed by atoms with Gasteiger partial charge < -0.3 is 21.1 Å². The normalized spacial score (nSPS) is 10.6. The van der Waals surface area contributed by atoms with E-state index in [-0.39, 0.29) is 16.5 Å². The largest absolute Gasteiger partial charge is 0.380 e. The van der Waals surface area contributed by atoms with Crippen molar-refractivity contribution >= 4 is 39.8 Å². The van der Waals surface area contributed by atoms with Crippen LogP contribution in [0.2, 0.25) is 0 Å². The van der Waals surface area contributed by atoms with Crippen LogP contribution in [0.15, 0.2) is 36.7 Å². The lowest BCUT2D eigenvalue weighted by Crippen LogP contribution is -2.17. The van der Waals surface area contributed by atoms with Crippen molar-refractivity contribution in [3.05, 3.63) is 64.0 Å². The molecule has 0 atom stereocenters. The van der Waals surface area contributed by atoms with Gasteiger partial charge in [-0.05, 0) is 36.2 Å². The number of halogens is 1. The van der Waals surface area contributed by atoms with E-state index in [0.717, 1.165) is 16.9 Å². The molecule has 2 amide bonds. The molecule has 0 aliphatic rings. The molecule has 1 aromatic carbocycles. The molecule has 150 valence electrons. The van der Waals surface area contributed by atoms with Gasteiger partial charge in [-0.25, -0.2) is 14.4 Å². The molecule has 0 bridgehead atoms. The number of carbonyl (C=O) groups is 2. The van der Waals surface area contributed by atoms with Crippen LogP contribution in [0.25, 0.3) is 0 Å².